The van der Waals surface area contributed by atoms with E-state index in [0.717, 1.165) is 51.4 Å². The minimum Gasteiger partial charge on any atom is -0.480 e. The molecule has 0 aromatic carbocycles. The largest absolute Gasteiger partial charge is 0.480 e. The number of unbranched alkanes of at least 4 members (excludes halogenated alkanes) is 2. The molecule has 0 aromatic rings. The Balaban J connectivity index is 5.15. The Morgan fingerprint density at radius 3 is 1.30 bits per heavy atom. The van der Waals surface area contributed by atoms with Crippen molar-refractivity contribution in [3.05, 3.63) is 0 Å². The van der Waals surface area contributed by atoms with Gasteiger partial charge in [0.2, 0.25) is 11.8 Å². The minimum atomic E-state index is -1.08. The number of carboxylic acid groups (broad SMARTS) is 2. The summed E-state index contributed by atoms with van der Waals surface area (Å²) in [6.45, 7) is 11.3. The first-order chi connectivity index (χ1) is 20.4. The lowest BCUT2D eigenvalue weighted by Crippen LogP contribution is -2.47. The molecular formula is C31H59N5O7. The standard InChI is InChI=1S/C31H59N5O7/c1-6-10-12-26(8-3)18-32-28(38)21-35(20-25(5)37)16-14-34(23-30(40)41)15-17-36(24-31(42)43)22-29(39)33-19-27(9-4)13-11-7-2/h26-27H,6-24H2,1-5H3,(H,32,38)(H,33,39)(H,40,41)(H,42,43). The average molecular weight is 614 g/mol. The Morgan fingerprint density at radius 1 is 0.581 bits per heavy atom. The van der Waals surface area contributed by atoms with Gasteiger partial charge in [-0.15, -0.1) is 0 Å². The van der Waals surface area contributed by atoms with Gasteiger partial charge in [0.05, 0.1) is 32.7 Å². The van der Waals surface area contributed by atoms with E-state index in [1.54, 1.807) is 9.80 Å². The second kappa shape index (κ2) is 24.8. The fourth-order valence-electron chi connectivity index (χ4n) is 4.88. The first kappa shape index (κ1) is 40.4. The Morgan fingerprint density at radius 2 is 0.953 bits per heavy atom. The molecule has 0 saturated carbocycles. The molecule has 0 heterocycles. The van der Waals surface area contributed by atoms with E-state index in [0.29, 0.717) is 24.9 Å². The van der Waals surface area contributed by atoms with E-state index in [2.05, 4.69) is 38.3 Å². The number of carbonyl (C=O) groups is 5. The molecule has 0 rings (SSSR count). The van der Waals surface area contributed by atoms with Gasteiger partial charge < -0.3 is 20.8 Å². The number of hydrogen-bond acceptors (Lipinski definition) is 8. The van der Waals surface area contributed by atoms with Crippen molar-refractivity contribution in [2.45, 2.75) is 86.0 Å². The van der Waals surface area contributed by atoms with Crippen molar-refractivity contribution < 1.29 is 34.2 Å². The molecule has 4 N–H and O–H groups in total. The molecule has 0 saturated heterocycles. The molecule has 2 unspecified atom stereocenters. The molecule has 2 amide bonds. The molecule has 0 aromatic heterocycles. The molecule has 0 spiro atoms. The van der Waals surface area contributed by atoms with E-state index in [1.807, 2.05) is 0 Å². The fourth-order valence-corrected chi connectivity index (χ4v) is 4.88. The van der Waals surface area contributed by atoms with Crippen LogP contribution in [0.2, 0.25) is 0 Å². The zero-order valence-corrected chi connectivity index (χ0v) is 27.4. The van der Waals surface area contributed by atoms with Crippen LogP contribution in [0.3, 0.4) is 0 Å². The van der Waals surface area contributed by atoms with E-state index >= 15 is 0 Å². The Hall–Kier alpha value is -2.57. The molecule has 0 fully saturated rings. The summed E-state index contributed by atoms with van der Waals surface area (Å²) in [6.07, 6.45) is 8.38. The number of Topliss-reactive ketones (excluding diaryl/α,β-unsaturated/α-hetero) is 1. The van der Waals surface area contributed by atoms with Crippen LogP contribution in [0.15, 0.2) is 0 Å². The molecule has 12 heteroatoms. The predicted molar refractivity (Wildman–Crippen MR) is 168 cm³/mol. The maximum Gasteiger partial charge on any atom is 0.317 e. The topological polar surface area (TPSA) is 160 Å². The van der Waals surface area contributed by atoms with Gasteiger partial charge in [-0.2, -0.15) is 0 Å². The lowest BCUT2D eigenvalue weighted by atomic mass is 9.99. The smallest absolute Gasteiger partial charge is 0.317 e. The van der Waals surface area contributed by atoms with Crippen LogP contribution in [-0.4, -0.2) is 126 Å². The Kier molecular flexibility index (Phi) is 23.3. The highest BCUT2D eigenvalue weighted by Crippen LogP contribution is 2.12. The van der Waals surface area contributed by atoms with Crippen LogP contribution in [0.4, 0.5) is 0 Å². The molecule has 12 nitrogen and oxygen atoms in total. The summed E-state index contributed by atoms with van der Waals surface area (Å²) in [5.41, 5.74) is 0. The summed E-state index contributed by atoms with van der Waals surface area (Å²) >= 11 is 0. The van der Waals surface area contributed by atoms with Gasteiger partial charge >= 0.3 is 11.9 Å². The van der Waals surface area contributed by atoms with Crippen LogP contribution in [-0.2, 0) is 24.0 Å². The number of rotatable bonds is 28. The van der Waals surface area contributed by atoms with Crippen molar-refractivity contribution in [2.75, 3.05) is 72.0 Å². The SMILES string of the molecule is CCCCC(CC)CNC(=O)CN(CCN(CCN(CC(=O)O)CC(=O)NCC(CC)CCCC)CC(=O)O)CC(C)=O. The quantitative estimate of drug-likeness (QED) is 0.103. The van der Waals surface area contributed by atoms with Crippen molar-refractivity contribution >= 4 is 29.5 Å². The van der Waals surface area contributed by atoms with Crippen LogP contribution in [0.1, 0.15) is 86.0 Å². The molecule has 0 aliphatic heterocycles. The van der Waals surface area contributed by atoms with E-state index < -0.39 is 11.9 Å². The number of aliphatic carboxylic acids is 2. The van der Waals surface area contributed by atoms with Crippen molar-refractivity contribution in [1.82, 2.24) is 25.3 Å². The number of amides is 2. The summed E-state index contributed by atoms with van der Waals surface area (Å²) in [5, 5.41) is 24.7. The molecule has 0 bridgehead atoms. The lowest BCUT2D eigenvalue weighted by molar-refractivity contribution is -0.140. The second-order valence-corrected chi connectivity index (χ2v) is 11.6. The van der Waals surface area contributed by atoms with Gasteiger partial charge in [0.1, 0.15) is 5.78 Å². The lowest BCUT2D eigenvalue weighted by Gasteiger charge is -2.28. The number of carbonyl (C=O) groups excluding carboxylic acids is 3. The molecule has 43 heavy (non-hydrogen) atoms. The number of ketones is 1. The van der Waals surface area contributed by atoms with E-state index in [1.165, 1.54) is 11.8 Å². The van der Waals surface area contributed by atoms with Gasteiger partial charge in [-0.3, -0.25) is 38.7 Å². The fraction of sp³-hybridized carbons (Fsp3) is 0.839. The van der Waals surface area contributed by atoms with Gasteiger partial charge in [0.25, 0.3) is 0 Å². The van der Waals surface area contributed by atoms with Gasteiger partial charge in [-0.1, -0.05) is 66.2 Å². The van der Waals surface area contributed by atoms with Gasteiger partial charge in [0.15, 0.2) is 0 Å². The van der Waals surface area contributed by atoms with Crippen molar-refractivity contribution in [3.63, 3.8) is 0 Å². The second-order valence-electron chi connectivity index (χ2n) is 11.6. The van der Waals surface area contributed by atoms with E-state index in [9.17, 15) is 34.2 Å². The Labute approximate surface area is 258 Å². The summed E-state index contributed by atoms with van der Waals surface area (Å²) in [6, 6.07) is 0. The average Bonchev–Trinajstić information content (AvgIpc) is 2.93. The summed E-state index contributed by atoms with van der Waals surface area (Å²) in [7, 11) is 0. The van der Waals surface area contributed by atoms with E-state index in [4.69, 9.17) is 0 Å². The third-order valence-electron chi connectivity index (χ3n) is 7.63. The van der Waals surface area contributed by atoms with Crippen LogP contribution < -0.4 is 10.6 Å². The third-order valence-corrected chi connectivity index (χ3v) is 7.63. The van der Waals surface area contributed by atoms with Gasteiger partial charge in [-0.05, 0) is 31.6 Å². The minimum absolute atomic E-state index is 0.0209. The van der Waals surface area contributed by atoms with E-state index in [-0.39, 0.29) is 76.5 Å². The molecular weight excluding hydrogens is 554 g/mol. The van der Waals surface area contributed by atoms with Crippen LogP contribution in [0.5, 0.6) is 0 Å². The van der Waals surface area contributed by atoms with Gasteiger partial charge in [0, 0.05) is 39.3 Å². The Bertz CT molecular complexity index is 768. The molecule has 0 aliphatic rings. The number of hydrogen-bond donors (Lipinski definition) is 4. The number of nitrogens with zero attached hydrogens (tertiary/aromatic N) is 3. The van der Waals surface area contributed by atoms with Crippen LogP contribution >= 0.6 is 0 Å². The molecule has 250 valence electrons. The number of carboxylic acids is 2. The maximum atomic E-state index is 12.7. The highest BCUT2D eigenvalue weighted by Gasteiger charge is 2.20. The molecule has 0 aliphatic carbocycles. The summed E-state index contributed by atoms with van der Waals surface area (Å²) in [5.74, 6) is -1.90. The monoisotopic (exact) mass is 613 g/mol. The predicted octanol–water partition coefficient (Wildman–Crippen LogP) is 2.32. The summed E-state index contributed by atoms with van der Waals surface area (Å²) < 4.78 is 0. The first-order valence-electron chi connectivity index (χ1n) is 16.1. The van der Waals surface area contributed by atoms with Crippen LogP contribution in [0, 0.1) is 11.8 Å². The van der Waals surface area contributed by atoms with Crippen molar-refractivity contribution in [2.24, 2.45) is 11.8 Å². The number of nitrogens with one attached hydrogen (secondary N) is 2. The van der Waals surface area contributed by atoms with Crippen LogP contribution in [0.25, 0.3) is 0 Å². The summed E-state index contributed by atoms with van der Waals surface area (Å²) in [4.78, 5) is 65.0. The molecule has 2 atom stereocenters. The highest BCUT2D eigenvalue weighted by atomic mass is 16.4. The maximum absolute atomic E-state index is 12.7. The zero-order chi connectivity index (χ0) is 32.6. The van der Waals surface area contributed by atoms with Gasteiger partial charge in [-0.25, -0.2) is 0 Å². The highest BCUT2D eigenvalue weighted by molar-refractivity contribution is 5.81. The normalized spacial score (nSPS) is 12.8. The van der Waals surface area contributed by atoms with Crippen molar-refractivity contribution in [3.8, 4) is 0 Å². The first-order valence-corrected chi connectivity index (χ1v) is 16.1. The third kappa shape index (κ3) is 22.6. The zero-order valence-electron chi connectivity index (χ0n) is 27.4. The molecule has 0 radical (unpaired) electrons. The van der Waals surface area contributed by atoms with Crippen molar-refractivity contribution in [1.29, 1.82) is 0 Å².